The molecule has 0 aromatic carbocycles. The second-order valence-corrected chi connectivity index (χ2v) is 7.28. The normalized spacial score (nSPS) is 15.9. The molecule has 118 valence electrons. The van der Waals surface area contributed by atoms with Crippen molar-refractivity contribution in [3.8, 4) is 0 Å². The van der Waals surface area contributed by atoms with Gasteiger partial charge in [-0.3, -0.25) is 15.0 Å². The Kier molecular flexibility index (Phi) is 4.82. The zero-order valence-electron chi connectivity index (χ0n) is 12.6. The molecule has 2 aromatic rings. The molecule has 0 bridgehead atoms. The van der Waals surface area contributed by atoms with Crippen LogP contribution < -0.4 is 5.32 Å². The van der Waals surface area contributed by atoms with Gasteiger partial charge in [0.2, 0.25) is 0 Å². The van der Waals surface area contributed by atoms with Crippen molar-refractivity contribution in [2.24, 2.45) is 0 Å². The minimum Gasteiger partial charge on any atom is -0.379 e. The predicted octanol–water partition coefficient (Wildman–Crippen LogP) is 2.30. The van der Waals surface area contributed by atoms with Crippen molar-refractivity contribution >= 4 is 33.7 Å². The van der Waals surface area contributed by atoms with Crippen LogP contribution in [0.2, 0.25) is 0 Å². The molecule has 1 aliphatic heterocycles. The molecule has 2 aromatic heterocycles. The van der Waals surface area contributed by atoms with Crippen molar-refractivity contribution in [2.75, 3.05) is 31.6 Å². The largest absolute Gasteiger partial charge is 0.379 e. The fourth-order valence-corrected chi connectivity index (χ4v) is 3.75. The maximum absolute atomic E-state index is 12.2. The molecule has 1 saturated heterocycles. The van der Waals surface area contributed by atoms with E-state index in [-0.39, 0.29) is 5.91 Å². The van der Waals surface area contributed by atoms with Gasteiger partial charge in [-0.25, -0.2) is 9.97 Å². The SMILES string of the molecule is Cc1nc(NC(=O)c2csc(CN3CCOCC3)n2)sc1C. The average molecular weight is 338 g/mol. The third-order valence-electron chi connectivity index (χ3n) is 3.50. The predicted molar refractivity (Wildman–Crippen MR) is 87.8 cm³/mol. The Morgan fingerprint density at radius 1 is 1.36 bits per heavy atom. The molecule has 8 heteroatoms. The Morgan fingerprint density at radius 3 is 2.82 bits per heavy atom. The van der Waals surface area contributed by atoms with Gasteiger partial charge in [0.05, 0.1) is 25.5 Å². The topological polar surface area (TPSA) is 67.4 Å². The molecule has 1 fully saturated rings. The summed E-state index contributed by atoms with van der Waals surface area (Å²) >= 11 is 3.00. The van der Waals surface area contributed by atoms with Crippen molar-refractivity contribution in [2.45, 2.75) is 20.4 Å². The summed E-state index contributed by atoms with van der Waals surface area (Å²) in [6.45, 7) is 8.06. The van der Waals surface area contributed by atoms with Crippen LogP contribution in [0.3, 0.4) is 0 Å². The van der Waals surface area contributed by atoms with Gasteiger partial charge in [-0.15, -0.1) is 22.7 Å². The van der Waals surface area contributed by atoms with Crippen molar-refractivity contribution in [1.82, 2.24) is 14.9 Å². The van der Waals surface area contributed by atoms with Gasteiger partial charge in [0.1, 0.15) is 10.7 Å². The first-order chi connectivity index (χ1) is 10.6. The Hall–Kier alpha value is -1.35. The Bertz CT molecular complexity index is 642. The van der Waals surface area contributed by atoms with Gasteiger partial charge in [-0.1, -0.05) is 0 Å². The van der Waals surface area contributed by atoms with Gasteiger partial charge in [0.15, 0.2) is 5.13 Å². The summed E-state index contributed by atoms with van der Waals surface area (Å²) < 4.78 is 5.33. The lowest BCUT2D eigenvalue weighted by Crippen LogP contribution is -2.35. The molecule has 0 spiro atoms. The fraction of sp³-hybridized carbons (Fsp3) is 0.500. The molecule has 22 heavy (non-hydrogen) atoms. The highest BCUT2D eigenvalue weighted by atomic mass is 32.1. The standard InChI is InChI=1S/C14H18N4O2S2/c1-9-10(2)22-14(15-9)17-13(19)11-8-21-12(16-11)7-18-3-5-20-6-4-18/h8H,3-7H2,1-2H3,(H,15,17,19). The van der Waals surface area contributed by atoms with E-state index in [0.717, 1.165) is 48.4 Å². The molecule has 0 unspecified atom stereocenters. The van der Waals surface area contributed by atoms with Crippen LogP contribution in [0.1, 0.15) is 26.1 Å². The maximum Gasteiger partial charge on any atom is 0.276 e. The van der Waals surface area contributed by atoms with Gasteiger partial charge in [0.25, 0.3) is 5.91 Å². The Labute approximate surface area is 137 Å². The average Bonchev–Trinajstić information content (AvgIpc) is 3.08. The number of hydrogen-bond donors (Lipinski definition) is 1. The Balaban J connectivity index is 1.61. The van der Waals surface area contributed by atoms with Crippen molar-refractivity contribution in [3.63, 3.8) is 0 Å². The molecule has 1 amide bonds. The van der Waals surface area contributed by atoms with E-state index in [0.29, 0.717) is 10.8 Å². The summed E-state index contributed by atoms with van der Waals surface area (Å²) in [5, 5.41) is 6.20. The molecule has 0 radical (unpaired) electrons. The maximum atomic E-state index is 12.2. The highest BCUT2D eigenvalue weighted by Gasteiger charge is 2.16. The summed E-state index contributed by atoms with van der Waals surface area (Å²) in [4.78, 5) is 24.4. The number of amides is 1. The van der Waals surface area contributed by atoms with Crippen LogP contribution in [0.25, 0.3) is 0 Å². The molecule has 0 saturated carbocycles. The summed E-state index contributed by atoms with van der Waals surface area (Å²) in [6, 6.07) is 0. The van der Waals surface area contributed by atoms with Gasteiger partial charge in [-0.2, -0.15) is 0 Å². The van der Waals surface area contributed by atoms with Gasteiger partial charge in [-0.05, 0) is 13.8 Å². The number of hydrogen-bond acceptors (Lipinski definition) is 7. The number of carbonyl (C=O) groups excluding carboxylic acids is 1. The summed E-state index contributed by atoms with van der Waals surface area (Å²) in [5.74, 6) is -0.196. The van der Waals surface area contributed by atoms with Crippen LogP contribution in [-0.2, 0) is 11.3 Å². The zero-order chi connectivity index (χ0) is 15.5. The minimum atomic E-state index is -0.196. The van der Waals surface area contributed by atoms with Gasteiger partial charge < -0.3 is 4.74 Å². The van der Waals surface area contributed by atoms with Crippen LogP contribution in [-0.4, -0.2) is 47.1 Å². The smallest absolute Gasteiger partial charge is 0.276 e. The lowest BCUT2D eigenvalue weighted by Gasteiger charge is -2.25. The number of nitrogens with zero attached hydrogens (tertiary/aromatic N) is 3. The van der Waals surface area contributed by atoms with Crippen LogP contribution >= 0.6 is 22.7 Å². The molecule has 0 aliphatic carbocycles. The van der Waals surface area contributed by atoms with Crippen molar-refractivity contribution in [3.05, 3.63) is 26.7 Å². The van der Waals surface area contributed by atoms with Crippen LogP contribution in [0.5, 0.6) is 0 Å². The van der Waals surface area contributed by atoms with E-state index in [4.69, 9.17) is 4.74 Å². The molecule has 1 aliphatic rings. The van der Waals surface area contributed by atoms with Gasteiger partial charge in [0, 0.05) is 23.3 Å². The van der Waals surface area contributed by atoms with E-state index < -0.39 is 0 Å². The van der Waals surface area contributed by atoms with E-state index in [1.807, 2.05) is 13.8 Å². The highest BCUT2D eigenvalue weighted by Crippen LogP contribution is 2.22. The molecule has 3 rings (SSSR count). The number of ether oxygens (including phenoxy) is 1. The summed E-state index contributed by atoms with van der Waals surface area (Å²) in [7, 11) is 0. The van der Waals surface area contributed by atoms with E-state index >= 15 is 0 Å². The van der Waals surface area contributed by atoms with Crippen molar-refractivity contribution in [1.29, 1.82) is 0 Å². The third kappa shape index (κ3) is 3.70. The van der Waals surface area contributed by atoms with Crippen LogP contribution in [0.4, 0.5) is 5.13 Å². The summed E-state index contributed by atoms with van der Waals surface area (Å²) in [5.41, 5.74) is 1.41. The Morgan fingerprint density at radius 2 is 2.14 bits per heavy atom. The molecular formula is C14H18N4O2S2. The highest BCUT2D eigenvalue weighted by molar-refractivity contribution is 7.15. The third-order valence-corrected chi connectivity index (χ3v) is 5.32. The quantitative estimate of drug-likeness (QED) is 0.926. The molecular weight excluding hydrogens is 320 g/mol. The monoisotopic (exact) mass is 338 g/mol. The second-order valence-electron chi connectivity index (χ2n) is 5.13. The fourth-order valence-electron chi connectivity index (χ4n) is 2.13. The molecule has 6 nitrogen and oxygen atoms in total. The first-order valence-electron chi connectivity index (χ1n) is 7.11. The van der Waals surface area contributed by atoms with E-state index in [1.165, 1.54) is 22.7 Å². The number of aryl methyl sites for hydroxylation is 2. The number of thiazole rings is 2. The number of aromatic nitrogens is 2. The lowest BCUT2D eigenvalue weighted by atomic mass is 10.4. The number of nitrogens with one attached hydrogen (secondary N) is 1. The van der Waals surface area contributed by atoms with Crippen LogP contribution in [0, 0.1) is 13.8 Å². The first kappa shape index (κ1) is 15.5. The number of carbonyl (C=O) groups is 1. The minimum absolute atomic E-state index is 0.196. The van der Waals surface area contributed by atoms with Crippen LogP contribution in [0.15, 0.2) is 5.38 Å². The zero-order valence-corrected chi connectivity index (χ0v) is 14.2. The number of anilines is 1. The summed E-state index contributed by atoms with van der Waals surface area (Å²) in [6.07, 6.45) is 0. The van der Waals surface area contributed by atoms with E-state index in [9.17, 15) is 4.79 Å². The molecule has 1 N–H and O–H groups in total. The number of morpholine rings is 1. The molecule has 0 atom stereocenters. The first-order valence-corrected chi connectivity index (χ1v) is 8.81. The van der Waals surface area contributed by atoms with E-state index in [1.54, 1.807) is 5.38 Å². The lowest BCUT2D eigenvalue weighted by molar-refractivity contribution is 0.0341. The molecule has 3 heterocycles. The second kappa shape index (κ2) is 6.82. The van der Waals surface area contributed by atoms with E-state index in [2.05, 4.69) is 20.2 Å². The number of rotatable bonds is 4. The van der Waals surface area contributed by atoms with Crippen molar-refractivity contribution < 1.29 is 9.53 Å². The van der Waals surface area contributed by atoms with Gasteiger partial charge >= 0.3 is 0 Å².